The molecule has 1 aliphatic carbocycles. The summed E-state index contributed by atoms with van der Waals surface area (Å²) in [7, 11) is 0. The molecule has 1 aromatic rings. The van der Waals surface area contributed by atoms with Crippen molar-refractivity contribution in [1.82, 2.24) is 5.32 Å². The molecule has 0 aromatic heterocycles. The summed E-state index contributed by atoms with van der Waals surface area (Å²) >= 11 is 0. The molecule has 0 radical (unpaired) electrons. The Balaban J connectivity index is 1.87. The normalized spacial score (nSPS) is 16.1. The Morgan fingerprint density at radius 3 is 2.74 bits per heavy atom. The van der Waals surface area contributed by atoms with Crippen molar-refractivity contribution in [3.63, 3.8) is 0 Å². The predicted molar refractivity (Wildman–Crippen MR) is 75.8 cm³/mol. The molecule has 0 amide bonds. The van der Waals surface area contributed by atoms with Crippen molar-refractivity contribution >= 4 is 5.97 Å². The summed E-state index contributed by atoms with van der Waals surface area (Å²) in [5.41, 5.74) is 0.979. The second kappa shape index (κ2) is 7.29. The van der Waals surface area contributed by atoms with Crippen molar-refractivity contribution in [2.24, 2.45) is 5.92 Å². The molecule has 104 valence electrons. The molecule has 1 aliphatic rings. The fourth-order valence-corrected chi connectivity index (χ4v) is 2.25. The Bertz CT molecular complexity index is 387. The van der Waals surface area contributed by atoms with E-state index in [1.165, 1.54) is 19.3 Å². The van der Waals surface area contributed by atoms with Gasteiger partial charge in [-0.25, -0.2) is 4.79 Å². The summed E-state index contributed by atoms with van der Waals surface area (Å²) in [5.74, 6) is 0.764. The first kappa shape index (κ1) is 14.1. The van der Waals surface area contributed by atoms with Gasteiger partial charge in [0.25, 0.3) is 0 Å². The number of ether oxygens (including phenoxy) is 1. The molecule has 0 spiro atoms. The zero-order valence-electron chi connectivity index (χ0n) is 11.6. The molecular weight excluding hydrogens is 238 g/mol. The van der Waals surface area contributed by atoms with Gasteiger partial charge in [0.15, 0.2) is 0 Å². The van der Waals surface area contributed by atoms with Gasteiger partial charge in [-0.2, -0.15) is 0 Å². The number of benzene rings is 1. The number of carbonyl (C=O) groups is 1. The predicted octanol–water partition coefficient (Wildman–Crippen LogP) is 3.07. The summed E-state index contributed by atoms with van der Waals surface area (Å²) in [6.45, 7) is 3.13. The maximum Gasteiger partial charge on any atom is 0.327 e. The molecule has 0 bridgehead atoms. The first-order valence-corrected chi connectivity index (χ1v) is 7.26. The second-order valence-electron chi connectivity index (χ2n) is 5.14. The maximum absolute atomic E-state index is 12.0. The fraction of sp³-hybridized carbons (Fsp3) is 0.562. The van der Waals surface area contributed by atoms with Crippen molar-refractivity contribution in [2.45, 2.75) is 38.6 Å². The highest BCUT2D eigenvalue weighted by molar-refractivity contribution is 5.77. The highest BCUT2D eigenvalue weighted by Gasteiger charge is 2.23. The van der Waals surface area contributed by atoms with E-state index in [4.69, 9.17) is 4.74 Å². The van der Waals surface area contributed by atoms with Crippen molar-refractivity contribution in [3.05, 3.63) is 35.9 Å². The van der Waals surface area contributed by atoms with Crippen LogP contribution in [-0.4, -0.2) is 19.1 Å². The maximum atomic E-state index is 12.0. The smallest absolute Gasteiger partial charge is 0.327 e. The minimum Gasteiger partial charge on any atom is -0.465 e. The van der Waals surface area contributed by atoms with E-state index in [0.717, 1.165) is 24.4 Å². The minimum absolute atomic E-state index is 0.180. The average molecular weight is 261 g/mol. The molecule has 1 unspecified atom stereocenters. The molecular formula is C16H23NO2. The van der Waals surface area contributed by atoms with E-state index in [-0.39, 0.29) is 12.0 Å². The van der Waals surface area contributed by atoms with Crippen molar-refractivity contribution < 1.29 is 9.53 Å². The van der Waals surface area contributed by atoms with Crippen molar-refractivity contribution in [3.8, 4) is 0 Å². The molecule has 1 saturated carbocycles. The van der Waals surface area contributed by atoms with Crippen LogP contribution in [0.4, 0.5) is 0 Å². The molecule has 0 aliphatic heterocycles. The van der Waals surface area contributed by atoms with Crippen LogP contribution in [-0.2, 0) is 9.53 Å². The third-order valence-corrected chi connectivity index (χ3v) is 3.49. The lowest BCUT2D eigenvalue weighted by molar-refractivity contribution is -0.145. The van der Waals surface area contributed by atoms with Gasteiger partial charge in [-0.15, -0.1) is 0 Å². The van der Waals surface area contributed by atoms with Crippen LogP contribution in [0.1, 0.15) is 44.2 Å². The van der Waals surface area contributed by atoms with Crippen molar-refractivity contribution in [2.75, 3.05) is 13.2 Å². The molecule has 1 aromatic carbocycles. The van der Waals surface area contributed by atoms with Crippen LogP contribution in [0.5, 0.6) is 0 Å². The van der Waals surface area contributed by atoms with E-state index in [1.54, 1.807) is 0 Å². The summed E-state index contributed by atoms with van der Waals surface area (Å²) in [5, 5.41) is 3.33. The number of rotatable bonds is 8. The lowest BCUT2D eigenvalue weighted by Crippen LogP contribution is -2.31. The Morgan fingerprint density at radius 2 is 2.11 bits per heavy atom. The molecule has 0 saturated heterocycles. The van der Waals surface area contributed by atoms with Crippen LogP contribution in [0, 0.1) is 5.92 Å². The van der Waals surface area contributed by atoms with E-state index < -0.39 is 0 Å². The van der Waals surface area contributed by atoms with Gasteiger partial charge in [-0.05, 0) is 37.8 Å². The monoisotopic (exact) mass is 261 g/mol. The zero-order chi connectivity index (χ0) is 13.5. The van der Waals surface area contributed by atoms with Crippen LogP contribution in [0.2, 0.25) is 0 Å². The van der Waals surface area contributed by atoms with E-state index in [1.807, 2.05) is 37.3 Å². The quantitative estimate of drug-likeness (QED) is 0.577. The summed E-state index contributed by atoms with van der Waals surface area (Å²) in [6, 6.07) is 9.46. The third-order valence-electron chi connectivity index (χ3n) is 3.49. The second-order valence-corrected chi connectivity index (χ2v) is 5.14. The summed E-state index contributed by atoms with van der Waals surface area (Å²) in [6.07, 6.45) is 5.19. The largest absolute Gasteiger partial charge is 0.465 e. The molecule has 19 heavy (non-hydrogen) atoms. The van der Waals surface area contributed by atoms with E-state index in [0.29, 0.717) is 6.61 Å². The van der Waals surface area contributed by atoms with E-state index in [2.05, 4.69) is 5.32 Å². The Labute approximate surface area is 115 Å². The molecule has 2 rings (SSSR count). The van der Waals surface area contributed by atoms with Crippen LogP contribution in [0.15, 0.2) is 30.3 Å². The SMILES string of the molecule is CCOC(=O)C(NCCCC1CC1)c1ccccc1. The van der Waals surface area contributed by atoms with Gasteiger partial charge < -0.3 is 10.1 Å². The van der Waals surface area contributed by atoms with Gasteiger partial charge in [0.1, 0.15) is 6.04 Å². The standard InChI is InChI=1S/C16H23NO2/c1-2-19-16(18)15(14-8-4-3-5-9-14)17-12-6-7-13-10-11-13/h3-5,8-9,13,15,17H,2,6-7,10-12H2,1H3. The third kappa shape index (κ3) is 4.67. The Kier molecular flexibility index (Phi) is 5.40. The first-order valence-electron chi connectivity index (χ1n) is 7.26. The van der Waals surface area contributed by atoms with Crippen LogP contribution >= 0.6 is 0 Å². The lowest BCUT2D eigenvalue weighted by atomic mass is 10.1. The Morgan fingerprint density at radius 1 is 1.37 bits per heavy atom. The highest BCUT2D eigenvalue weighted by Crippen LogP contribution is 2.33. The average Bonchev–Trinajstić information content (AvgIpc) is 3.24. The number of hydrogen-bond donors (Lipinski definition) is 1. The van der Waals surface area contributed by atoms with Crippen LogP contribution in [0.3, 0.4) is 0 Å². The number of carbonyl (C=O) groups excluding carboxylic acids is 1. The Hall–Kier alpha value is -1.35. The first-order chi connectivity index (χ1) is 9.31. The molecule has 0 heterocycles. The van der Waals surface area contributed by atoms with Gasteiger partial charge in [0, 0.05) is 0 Å². The lowest BCUT2D eigenvalue weighted by Gasteiger charge is -2.17. The number of esters is 1. The highest BCUT2D eigenvalue weighted by atomic mass is 16.5. The fourth-order valence-electron chi connectivity index (χ4n) is 2.25. The molecule has 1 atom stereocenters. The van der Waals surface area contributed by atoms with Gasteiger partial charge in [0.2, 0.25) is 0 Å². The molecule has 3 heteroatoms. The van der Waals surface area contributed by atoms with Crippen molar-refractivity contribution in [1.29, 1.82) is 0 Å². The molecule has 1 fully saturated rings. The number of hydrogen-bond acceptors (Lipinski definition) is 3. The van der Waals surface area contributed by atoms with Gasteiger partial charge in [0.05, 0.1) is 6.61 Å². The van der Waals surface area contributed by atoms with E-state index in [9.17, 15) is 4.79 Å². The van der Waals surface area contributed by atoms with Crippen LogP contribution in [0.25, 0.3) is 0 Å². The van der Waals surface area contributed by atoms with E-state index >= 15 is 0 Å². The van der Waals surface area contributed by atoms with Gasteiger partial charge in [-0.3, -0.25) is 0 Å². The summed E-state index contributed by atoms with van der Waals surface area (Å²) < 4.78 is 5.15. The number of nitrogens with one attached hydrogen (secondary N) is 1. The topological polar surface area (TPSA) is 38.3 Å². The molecule has 3 nitrogen and oxygen atoms in total. The van der Waals surface area contributed by atoms with Gasteiger partial charge in [-0.1, -0.05) is 43.2 Å². The van der Waals surface area contributed by atoms with Crippen LogP contribution < -0.4 is 5.32 Å². The molecule has 1 N–H and O–H groups in total. The summed E-state index contributed by atoms with van der Waals surface area (Å²) in [4.78, 5) is 12.0. The minimum atomic E-state index is -0.333. The van der Waals surface area contributed by atoms with Gasteiger partial charge >= 0.3 is 5.97 Å². The zero-order valence-corrected chi connectivity index (χ0v) is 11.6.